The summed E-state index contributed by atoms with van der Waals surface area (Å²) in [4.78, 5) is -0.946. The molecule has 24 heteroatoms. The second kappa shape index (κ2) is 19.8. The summed E-state index contributed by atoms with van der Waals surface area (Å²) in [5.74, 6) is 1.24. The molecule has 0 unspecified atom stereocenters. The van der Waals surface area contributed by atoms with E-state index in [2.05, 4.69) is 0 Å². The summed E-state index contributed by atoms with van der Waals surface area (Å²) in [6.45, 7) is 4.35. The third-order valence-electron chi connectivity index (χ3n) is 6.16. The predicted molar refractivity (Wildman–Crippen MR) is 198 cm³/mol. The van der Waals surface area contributed by atoms with Crippen molar-refractivity contribution in [2.24, 2.45) is 0 Å². The molecule has 0 saturated heterocycles. The number of nitrogen functional groups attached to an aromatic ring is 4. The number of ether oxygens (including phenoxy) is 4. The minimum absolute atomic E-state index is 0.164. The highest BCUT2D eigenvalue weighted by Gasteiger charge is 2.14. The van der Waals surface area contributed by atoms with Gasteiger partial charge in [-0.2, -0.15) is 33.7 Å². The normalized spacial score (nSPS) is 11.3. The van der Waals surface area contributed by atoms with Crippen molar-refractivity contribution < 1.29 is 70.8 Å². The summed E-state index contributed by atoms with van der Waals surface area (Å²) in [5.41, 5.74) is 22.9. The minimum atomic E-state index is -4.20. The van der Waals surface area contributed by atoms with Gasteiger partial charge >= 0.3 is 0 Å². The van der Waals surface area contributed by atoms with Crippen LogP contribution in [0.25, 0.3) is 0 Å². The van der Waals surface area contributed by atoms with E-state index in [9.17, 15) is 33.7 Å². The van der Waals surface area contributed by atoms with Crippen LogP contribution in [0, 0.1) is 0 Å². The van der Waals surface area contributed by atoms with Crippen molar-refractivity contribution in [3.8, 4) is 23.0 Å². The SMILES string of the molecule is CCOc1cc(S(=O)(=O)O)ccc1N.CCOc1ccc(S(=O)(=O)O)cc1N.COc1cc(S(=O)(=O)O)ccc1N.COc1ccc(S(=O)(=O)O)cc1N. The van der Waals surface area contributed by atoms with Gasteiger partial charge in [0.25, 0.3) is 40.5 Å². The van der Waals surface area contributed by atoms with Crippen molar-refractivity contribution in [2.45, 2.75) is 33.4 Å². The lowest BCUT2D eigenvalue weighted by Gasteiger charge is -2.07. The van der Waals surface area contributed by atoms with E-state index in [1.807, 2.05) is 0 Å². The molecule has 4 rings (SSSR count). The Morgan fingerprint density at radius 3 is 1.06 bits per heavy atom. The van der Waals surface area contributed by atoms with Crippen LogP contribution in [-0.2, 0) is 40.5 Å². The maximum Gasteiger partial charge on any atom is 0.294 e. The number of anilines is 4. The molecule has 0 aliphatic heterocycles. The Morgan fingerprint density at radius 1 is 0.426 bits per heavy atom. The highest BCUT2D eigenvalue weighted by molar-refractivity contribution is 7.86. The largest absolute Gasteiger partial charge is 0.495 e. The van der Waals surface area contributed by atoms with Crippen LogP contribution >= 0.6 is 0 Å². The number of methoxy groups -OCH3 is 2. The molecule has 0 heterocycles. The van der Waals surface area contributed by atoms with Crippen molar-refractivity contribution in [1.29, 1.82) is 0 Å². The van der Waals surface area contributed by atoms with E-state index in [0.29, 0.717) is 36.1 Å². The average Bonchev–Trinajstić information content (AvgIpc) is 3.06. The molecule has 0 radical (unpaired) electrons. The first-order valence-electron chi connectivity index (χ1n) is 14.6. The molecule has 12 N–H and O–H groups in total. The fraction of sp³-hybridized carbons (Fsp3) is 0.200. The molecule has 0 aliphatic carbocycles. The van der Waals surface area contributed by atoms with Crippen molar-refractivity contribution in [1.82, 2.24) is 0 Å². The Labute approximate surface area is 312 Å². The Hall–Kier alpha value is -5.08. The van der Waals surface area contributed by atoms with Gasteiger partial charge in [-0.15, -0.1) is 0 Å². The van der Waals surface area contributed by atoms with E-state index in [1.54, 1.807) is 13.8 Å². The molecule has 54 heavy (non-hydrogen) atoms. The zero-order chi connectivity index (χ0) is 41.7. The first-order chi connectivity index (χ1) is 24.8. The molecule has 20 nitrogen and oxygen atoms in total. The molecular formula is C30H40N4O16S4. The highest BCUT2D eigenvalue weighted by Crippen LogP contribution is 2.27. The maximum absolute atomic E-state index is 10.8. The van der Waals surface area contributed by atoms with Crippen LogP contribution in [0.3, 0.4) is 0 Å². The lowest BCUT2D eigenvalue weighted by molar-refractivity contribution is 0.341. The number of hydrogen-bond donors (Lipinski definition) is 8. The van der Waals surface area contributed by atoms with Crippen LogP contribution in [0.2, 0.25) is 0 Å². The monoisotopic (exact) mass is 840 g/mol. The van der Waals surface area contributed by atoms with Gasteiger partial charge < -0.3 is 41.9 Å². The van der Waals surface area contributed by atoms with Gasteiger partial charge in [-0.1, -0.05) is 0 Å². The quantitative estimate of drug-likeness (QED) is 0.0840. The first kappa shape index (κ1) is 46.9. The van der Waals surface area contributed by atoms with Crippen molar-refractivity contribution in [3.63, 3.8) is 0 Å². The van der Waals surface area contributed by atoms with Crippen LogP contribution < -0.4 is 41.9 Å². The van der Waals surface area contributed by atoms with Crippen molar-refractivity contribution in [3.05, 3.63) is 72.8 Å². The number of nitrogens with two attached hydrogens (primary N) is 4. The zero-order valence-electron chi connectivity index (χ0n) is 29.0. The molecule has 0 amide bonds. The van der Waals surface area contributed by atoms with Crippen LogP contribution in [0.5, 0.6) is 23.0 Å². The summed E-state index contributed by atoms with van der Waals surface area (Å²) in [7, 11) is -14.0. The van der Waals surface area contributed by atoms with Crippen LogP contribution in [0.1, 0.15) is 13.8 Å². The molecule has 0 bridgehead atoms. The Bertz CT molecular complexity index is 2340. The van der Waals surface area contributed by atoms with E-state index in [1.165, 1.54) is 68.8 Å². The van der Waals surface area contributed by atoms with Gasteiger partial charge in [-0.05, 0) is 74.5 Å². The highest BCUT2D eigenvalue weighted by atomic mass is 32.2. The Kier molecular flexibility index (Phi) is 17.2. The van der Waals surface area contributed by atoms with Gasteiger partial charge in [0.05, 0.1) is 69.8 Å². The first-order valence-corrected chi connectivity index (χ1v) is 20.4. The topological polar surface area (TPSA) is 358 Å². The second-order valence-electron chi connectivity index (χ2n) is 9.97. The molecule has 0 saturated carbocycles. The summed E-state index contributed by atoms with van der Waals surface area (Å²) >= 11 is 0. The van der Waals surface area contributed by atoms with E-state index in [-0.39, 0.29) is 42.5 Å². The average molecular weight is 841 g/mol. The van der Waals surface area contributed by atoms with Crippen molar-refractivity contribution in [2.75, 3.05) is 50.4 Å². The molecule has 300 valence electrons. The summed E-state index contributed by atoms with van der Waals surface area (Å²) in [5, 5.41) is 0. The molecule has 4 aromatic carbocycles. The zero-order valence-corrected chi connectivity index (χ0v) is 32.2. The second-order valence-corrected chi connectivity index (χ2v) is 15.7. The Morgan fingerprint density at radius 2 is 0.722 bits per heavy atom. The number of hydrogen-bond acceptors (Lipinski definition) is 16. The van der Waals surface area contributed by atoms with Crippen LogP contribution in [-0.4, -0.2) is 79.3 Å². The molecule has 0 atom stereocenters. The van der Waals surface area contributed by atoms with Crippen molar-refractivity contribution >= 4 is 63.2 Å². The fourth-order valence-corrected chi connectivity index (χ4v) is 5.68. The third kappa shape index (κ3) is 15.1. The standard InChI is InChI=1S/2C8H11NO4S.2C7H9NO4S/c1-2-13-8-4-3-6(5-7(8)9)14(10,11)12;1-2-13-8-5-6(14(10,11)12)3-4-7(8)9;1-12-7-3-2-5(4-6(7)8)13(9,10)11;1-12-7-4-5(13(9,10)11)2-3-6(7)8/h2*3-5H,2,9H2,1H3,(H,10,11,12);2*2-4H,8H2,1H3,(H,9,10,11). The lowest BCUT2D eigenvalue weighted by atomic mass is 10.3. The summed E-state index contributed by atoms with van der Waals surface area (Å²) in [6, 6.07) is 15.0. The summed E-state index contributed by atoms with van der Waals surface area (Å²) < 4.78 is 140. The number of benzene rings is 4. The Balaban J connectivity index is 0.000000360. The van der Waals surface area contributed by atoms with E-state index < -0.39 is 40.5 Å². The summed E-state index contributed by atoms with van der Waals surface area (Å²) in [6.07, 6.45) is 0. The number of rotatable bonds is 10. The van der Waals surface area contributed by atoms with Gasteiger partial charge in [0, 0.05) is 12.1 Å². The van der Waals surface area contributed by atoms with Gasteiger partial charge in [-0.25, -0.2) is 0 Å². The van der Waals surface area contributed by atoms with E-state index in [0.717, 1.165) is 18.2 Å². The third-order valence-corrected chi connectivity index (χ3v) is 9.56. The molecule has 0 aromatic heterocycles. The van der Waals surface area contributed by atoms with Gasteiger partial charge in [0.15, 0.2) is 0 Å². The van der Waals surface area contributed by atoms with Gasteiger partial charge in [0.1, 0.15) is 23.0 Å². The van der Waals surface area contributed by atoms with Gasteiger partial charge in [0.2, 0.25) is 0 Å². The lowest BCUT2D eigenvalue weighted by Crippen LogP contribution is -2.02. The van der Waals surface area contributed by atoms with E-state index >= 15 is 0 Å². The fourth-order valence-electron chi connectivity index (χ4n) is 3.65. The van der Waals surface area contributed by atoms with Crippen LogP contribution in [0.15, 0.2) is 92.4 Å². The van der Waals surface area contributed by atoms with Gasteiger partial charge in [-0.3, -0.25) is 18.2 Å². The molecule has 4 aromatic rings. The molecule has 0 aliphatic rings. The maximum atomic E-state index is 10.8. The predicted octanol–water partition coefficient (Wildman–Crippen LogP) is 2.88. The van der Waals surface area contributed by atoms with E-state index in [4.69, 9.17) is 60.1 Å². The smallest absolute Gasteiger partial charge is 0.294 e. The molecule has 0 fully saturated rings. The molecular weight excluding hydrogens is 801 g/mol. The molecule has 0 spiro atoms. The van der Waals surface area contributed by atoms with Crippen LogP contribution in [0.4, 0.5) is 22.7 Å². The minimum Gasteiger partial charge on any atom is -0.495 e.